The van der Waals surface area contributed by atoms with Crippen molar-refractivity contribution in [3.63, 3.8) is 0 Å². The molecule has 2 aromatic rings. The minimum absolute atomic E-state index is 0.123. The molecule has 0 spiro atoms. The SMILES string of the molecule is O=C(O)c1ccc(CN2C(=O)SC(Nc3ccccc3)C2=O)cc1. The topological polar surface area (TPSA) is 86.7 Å². The Kier molecular flexibility index (Phi) is 4.52. The van der Waals surface area contributed by atoms with Crippen LogP contribution in [0.5, 0.6) is 0 Å². The van der Waals surface area contributed by atoms with Crippen LogP contribution in [0, 0.1) is 0 Å². The Morgan fingerprint density at radius 3 is 2.38 bits per heavy atom. The maximum atomic E-state index is 12.4. The third-order valence-corrected chi connectivity index (χ3v) is 4.52. The van der Waals surface area contributed by atoms with Crippen LogP contribution in [0.4, 0.5) is 10.5 Å². The largest absolute Gasteiger partial charge is 0.478 e. The Morgan fingerprint density at radius 2 is 1.75 bits per heavy atom. The van der Waals surface area contributed by atoms with Crippen molar-refractivity contribution in [1.29, 1.82) is 0 Å². The van der Waals surface area contributed by atoms with Crippen molar-refractivity contribution >= 4 is 34.6 Å². The molecule has 1 saturated heterocycles. The summed E-state index contributed by atoms with van der Waals surface area (Å²) in [6, 6.07) is 15.3. The van der Waals surface area contributed by atoms with Gasteiger partial charge in [-0.05, 0) is 41.6 Å². The average Bonchev–Trinajstić information content (AvgIpc) is 2.84. The van der Waals surface area contributed by atoms with Crippen molar-refractivity contribution in [2.45, 2.75) is 11.9 Å². The molecule has 0 aliphatic carbocycles. The summed E-state index contributed by atoms with van der Waals surface area (Å²) in [7, 11) is 0. The molecule has 1 atom stereocenters. The van der Waals surface area contributed by atoms with Crippen LogP contribution >= 0.6 is 11.8 Å². The standard InChI is InChI=1S/C17H14N2O4S/c20-15-14(18-13-4-2-1-3-5-13)24-17(23)19(15)10-11-6-8-12(9-7-11)16(21)22/h1-9,14,18H,10H2,(H,21,22). The van der Waals surface area contributed by atoms with E-state index in [4.69, 9.17) is 5.11 Å². The molecule has 0 aromatic heterocycles. The Hall–Kier alpha value is -2.80. The molecule has 1 fully saturated rings. The summed E-state index contributed by atoms with van der Waals surface area (Å²) in [6.45, 7) is 0.123. The molecule has 24 heavy (non-hydrogen) atoms. The van der Waals surface area contributed by atoms with Crippen molar-refractivity contribution in [3.05, 3.63) is 65.7 Å². The molecule has 7 heteroatoms. The van der Waals surface area contributed by atoms with E-state index in [-0.39, 0.29) is 23.3 Å². The lowest BCUT2D eigenvalue weighted by Crippen LogP contribution is -2.33. The molecule has 6 nitrogen and oxygen atoms in total. The monoisotopic (exact) mass is 342 g/mol. The number of hydrogen-bond donors (Lipinski definition) is 2. The van der Waals surface area contributed by atoms with Crippen LogP contribution in [0.2, 0.25) is 0 Å². The number of rotatable bonds is 5. The fourth-order valence-corrected chi connectivity index (χ4v) is 3.21. The van der Waals surface area contributed by atoms with E-state index in [2.05, 4.69) is 5.32 Å². The van der Waals surface area contributed by atoms with E-state index in [1.807, 2.05) is 30.3 Å². The lowest BCUT2D eigenvalue weighted by molar-refractivity contribution is -0.126. The van der Waals surface area contributed by atoms with Gasteiger partial charge in [-0.2, -0.15) is 0 Å². The second-order valence-corrected chi connectivity index (χ2v) is 6.26. The number of thioether (sulfide) groups is 1. The second kappa shape index (κ2) is 6.76. The highest BCUT2D eigenvalue weighted by atomic mass is 32.2. The van der Waals surface area contributed by atoms with E-state index < -0.39 is 11.3 Å². The normalized spacial score (nSPS) is 17.2. The van der Waals surface area contributed by atoms with Gasteiger partial charge in [0.05, 0.1) is 12.1 Å². The zero-order valence-electron chi connectivity index (χ0n) is 12.5. The third-order valence-electron chi connectivity index (χ3n) is 3.54. The number of carboxylic acids is 1. The predicted octanol–water partition coefficient (Wildman–Crippen LogP) is 3.02. The molecule has 2 amide bonds. The lowest BCUT2D eigenvalue weighted by Gasteiger charge is -2.15. The first kappa shape index (κ1) is 16.1. The highest BCUT2D eigenvalue weighted by Gasteiger charge is 2.39. The number of benzene rings is 2. The zero-order chi connectivity index (χ0) is 17.1. The van der Waals surface area contributed by atoms with Crippen molar-refractivity contribution in [1.82, 2.24) is 4.90 Å². The summed E-state index contributed by atoms with van der Waals surface area (Å²) in [5.74, 6) is -1.33. The first-order valence-electron chi connectivity index (χ1n) is 7.20. The Labute approximate surface area is 142 Å². The molecule has 1 unspecified atom stereocenters. The van der Waals surface area contributed by atoms with E-state index in [0.717, 1.165) is 17.4 Å². The van der Waals surface area contributed by atoms with Crippen molar-refractivity contribution in [2.24, 2.45) is 0 Å². The van der Waals surface area contributed by atoms with Crippen LogP contribution in [0.3, 0.4) is 0 Å². The number of nitrogens with one attached hydrogen (secondary N) is 1. The fraction of sp³-hybridized carbons (Fsp3) is 0.118. The molecule has 0 saturated carbocycles. The molecule has 2 aromatic carbocycles. The fourth-order valence-electron chi connectivity index (χ4n) is 2.30. The number of carboxylic acid groups (broad SMARTS) is 1. The molecule has 0 radical (unpaired) electrons. The number of nitrogens with zero attached hydrogens (tertiary/aromatic N) is 1. The predicted molar refractivity (Wildman–Crippen MR) is 90.8 cm³/mol. The number of carbonyl (C=O) groups is 3. The van der Waals surface area contributed by atoms with E-state index >= 15 is 0 Å². The lowest BCUT2D eigenvalue weighted by atomic mass is 10.1. The zero-order valence-corrected chi connectivity index (χ0v) is 13.3. The van der Waals surface area contributed by atoms with Gasteiger partial charge in [0.15, 0.2) is 5.37 Å². The van der Waals surface area contributed by atoms with Gasteiger partial charge in [-0.15, -0.1) is 0 Å². The summed E-state index contributed by atoms with van der Waals surface area (Å²) in [5, 5.41) is 10.9. The number of hydrogen-bond acceptors (Lipinski definition) is 5. The van der Waals surface area contributed by atoms with Gasteiger partial charge in [-0.1, -0.05) is 30.3 Å². The number of carbonyl (C=O) groups excluding carboxylic acids is 2. The molecular formula is C17H14N2O4S. The minimum Gasteiger partial charge on any atom is -0.478 e. The van der Waals surface area contributed by atoms with Gasteiger partial charge >= 0.3 is 5.97 Å². The first-order valence-corrected chi connectivity index (χ1v) is 8.08. The number of anilines is 1. The summed E-state index contributed by atoms with van der Waals surface area (Å²) in [5.41, 5.74) is 1.63. The highest BCUT2D eigenvalue weighted by Crippen LogP contribution is 2.29. The van der Waals surface area contributed by atoms with Gasteiger partial charge < -0.3 is 10.4 Å². The molecule has 0 bridgehead atoms. The van der Waals surface area contributed by atoms with Crippen LogP contribution in [-0.4, -0.2) is 32.5 Å². The number of para-hydroxylation sites is 1. The number of aromatic carboxylic acids is 1. The van der Waals surface area contributed by atoms with Gasteiger partial charge in [0, 0.05) is 5.69 Å². The van der Waals surface area contributed by atoms with E-state index in [0.29, 0.717) is 5.56 Å². The second-order valence-electron chi connectivity index (χ2n) is 5.20. The molecular weight excluding hydrogens is 328 g/mol. The average molecular weight is 342 g/mol. The molecule has 1 heterocycles. The number of amides is 2. The van der Waals surface area contributed by atoms with Gasteiger partial charge in [-0.25, -0.2) is 4.79 Å². The molecule has 2 N–H and O–H groups in total. The van der Waals surface area contributed by atoms with Crippen molar-refractivity contribution in [2.75, 3.05) is 5.32 Å². The quantitative estimate of drug-likeness (QED) is 0.868. The first-order chi connectivity index (χ1) is 11.5. The smallest absolute Gasteiger partial charge is 0.335 e. The van der Waals surface area contributed by atoms with Crippen molar-refractivity contribution in [3.8, 4) is 0 Å². The van der Waals surface area contributed by atoms with Gasteiger partial charge in [0.2, 0.25) is 0 Å². The van der Waals surface area contributed by atoms with Gasteiger partial charge in [0.1, 0.15) is 0 Å². The maximum absolute atomic E-state index is 12.4. The highest BCUT2D eigenvalue weighted by molar-refractivity contribution is 8.15. The van der Waals surface area contributed by atoms with E-state index in [9.17, 15) is 14.4 Å². The maximum Gasteiger partial charge on any atom is 0.335 e. The third kappa shape index (κ3) is 3.41. The molecule has 122 valence electrons. The van der Waals surface area contributed by atoms with Crippen LogP contribution in [0.15, 0.2) is 54.6 Å². The van der Waals surface area contributed by atoms with E-state index in [1.165, 1.54) is 17.0 Å². The summed E-state index contributed by atoms with van der Waals surface area (Å²) >= 11 is 0.936. The molecule has 1 aliphatic rings. The van der Waals surface area contributed by atoms with Crippen molar-refractivity contribution < 1.29 is 19.5 Å². The van der Waals surface area contributed by atoms with E-state index in [1.54, 1.807) is 12.1 Å². The molecule has 1 aliphatic heterocycles. The van der Waals surface area contributed by atoms with Crippen LogP contribution in [0.1, 0.15) is 15.9 Å². The Balaban J connectivity index is 1.69. The van der Waals surface area contributed by atoms with Crippen LogP contribution in [0.25, 0.3) is 0 Å². The molecule has 3 rings (SSSR count). The Morgan fingerprint density at radius 1 is 1.08 bits per heavy atom. The van der Waals surface area contributed by atoms with Gasteiger partial charge in [-0.3, -0.25) is 14.5 Å². The van der Waals surface area contributed by atoms with Crippen LogP contribution in [-0.2, 0) is 11.3 Å². The number of imide groups is 1. The minimum atomic E-state index is -1.02. The van der Waals surface area contributed by atoms with Crippen LogP contribution < -0.4 is 5.32 Å². The van der Waals surface area contributed by atoms with Gasteiger partial charge in [0.25, 0.3) is 11.1 Å². The summed E-state index contributed by atoms with van der Waals surface area (Å²) in [4.78, 5) is 36.5. The Bertz CT molecular complexity index is 777. The summed E-state index contributed by atoms with van der Waals surface area (Å²) < 4.78 is 0. The summed E-state index contributed by atoms with van der Waals surface area (Å²) in [6.07, 6.45) is 0.